The van der Waals surface area contributed by atoms with Gasteiger partial charge in [-0.3, -0.25) is 15.0 Å². The van der Waals surface area contributed by atoms with Crippen LogP contribution in [-0.2, 0) is 13.0 Å². The zero-order chi connectivity index (χ0) is 18.9. The molecule has 0 bridgehead atoms. The lowest BCUT2D eigenvalue weighted by molar-refractivity contribution is 0.102. The van der Waals surface area contributed by atoms with E-state index in [4.69, 9.17) is 0 Å². The number of aromatic nitrogens is 1. The molecule has 1 fully saturated rings. The van der Waals surface area contributed by atoms with Gasteiger partial charge in [0.15, 0.2) is 5.13 Å². The fourth-order valence-corrected chi connectivity index (χ4v) is 5.33. The quantitative estimate of drug-likeness (QED) is 0.680. The molecule has 2 heterocycles. The van der Waals surface area contributed by atoms with Gasteiger partial charge >= 0.3 is 0 Å². The van der Waals surface area contributed by atoms with Gasteiger partial charge in [0.2, 0.25) is 0 Å². The van der Waals surface area contributed by atoms with Crippen LogP contribution in [0.3, 0.4) is 0 Å². The van der Waals surface area contributed by atoms with Crippen molar-refractivity contribution in [2.75, 3.05) is 11.9 Å². The van der Waals surface area contributed by atoms with Gasteiger partial charge in [-0.1, -0.05) is 48.4 Å². The average Bonchev–Trinajstić information content (AvgIpc) is 3.15. The van der Waals surface area contributed by atoms with E-state index in [1.54, 1.807) is 0 Å². The summed E-state index contributed by atoms with van der Waals surface area (Å²) in [5.41, 5.74) is 4.23. The summed E-state index contributed by atoms with van der Waals surface area (Å²) in [6.07, 6.45) is 8.43. The Hall–Kier alpha value is -2.24. The highest BCUT2D eigenvalue weighted by atomic mass is 32.1. The molecule has 1 radical (unpaired) electrons. The smallest absolute Gasteiger partial charge is 0.257 e. The number of fused-ring (bicyclic) bond motifs is 2. The van der Waals surface area contributed by atoms with Crippen LogP contribution in [0.1, 0.15) is 47.2 Å². The van der Waals surface area contributed by atoms with Gasteiger partial charge < -0.3 is 0 Å². The van der Waals surface area contributed by atoms with E-state index < -0.39 is 0 Å². The fourth-order valence-electron chi connectivity index (χ4n) is 4.47. The Morgan fingerprint density at radius 2 is 2.11 bits per heavy atom. The summed E-state index contributed by atoms with van der Waals surface area (Å²) < 4.78 is 1.09. The molecule has 1 unspecified atom stereocenters. The molecule has 5 rings (SSSR count). The van der Waals surface area contributed by atoms with Crippen molar-refractivity contribution in [1.82, 2.24) is 9.88 Å². The van der Waals surface area contributed by atoms with Crippen molar-refractivity contribution in [3.63, 3.8) is 0 Å². The van der Waals surface area contributed by atoms with Crippen LogP contribution in [0.15, 0.2) is 42.5 Å². The van der Waals surface area contributed by atoms with Crippen LogP contribution in [0.25, 0.3) is 10.2 Å². The highest BCUT2D eigenvalue weighted by molar-refractivity contribution is 7.22. The highest BCUT2D eigenvalue weighted by Gasteiger charge is 2.27. The molecule has 28 heavy (non-hydrogen) atoms. The topological polar surface area (TPSA) is 45.2 Å². The number of rotatable bonds is 3. The molecule has 5 heteroatoms. The summed E-state index contributed by atoms with van der Waals surface area (Å²) in [4.78, 5) is 20.2. The Bertz CT molecular complexity index is 973. The minimum absolute atomic E-state index is 0.0482. The lowest BCUT2D eigenvalue weighted by atomic mass is 9.89. The number of benzene rings is 2. The standard InChI is InChI=1S/C23H24N3OS/c27-22(25-23-24-20-11-4-5-12-21(20)28-23)18-10-6-7-16-13-14-26(15-19(16)18)17-8-2-1-3-9-17/h2,4-7,10-12,17H,1,3,8-9,13-15H2,(H,24,25,27). The first-order valence-electron chi connectivity index (χ1n) is 10.1. The third kappa shape index (κ3) is 3.45. The van der Waals surface area contributed by atoms with Crippen molar-refractivity contribution in [1.29, 1.82) is 0 Å². The third-order valence-electron chi connectivity index (χ3n) is 5.96. The van der Waals surface area contributed by atoms with Crippen molar-refractivity contribution in [2.45, 2.75) is 44.7 Å². The monoisotopic (exact) mass is 390 g/mol. The Kier molecular flexibility index (Phi) is 4.87. The number of thiazole rings is 1. The lowest BCUT2D eigenvalue weighted by Gasteiger charge is -2.38. The Balaban J connectivity index is 1.39. The maximum absolute atomic E-state index is 13.1. The molecule has 1 atom stereocenters. The molecule has 0 saturated heterocycles. The van der Waals surface area contributed by atoms with Gasteiger partial charge in [-0.2, -0.15) is 0 Å². The fraction of sp³-hybridized carbons (Fsp3) is 0.348. The molecule has 2 aromatic carbocycles. The number of para-hydroxylation sites is 1. The van der Waals surface area contributed by atoms with E-state index >= 15 is 0 Å². The zero-order valence-corrected chi connectivity index (χ0v) is 16.7. The summed E-state index contributed by atoms with van der Waals surface area (Å²) in [7, 11) is 0. The number of nitrogens with zero attached hydrogens (tertiary/aromatic N) is 2. The molecule has 1 aliphatic carbocycles. The summed E-state index contributed by atoms with van der Waals surface area (Å²) in [6.45, 7) is 1.96. The van der Waals surface area contributed by atoms with E-state index in [1.165, 1.54) is 48.1 Å². The van der Waals surface area contributed by atoms with E-state index in [0.717, 1.165) is 35.3 Å². The Morgan fingerprint density at radius 3 is 2.96 bits per heavy atom. The SMILES string of the molecule is O=C(Nc1nc2ccccc2s1)c1cccc2c1CN(C1C[CH]CCC1)CC2. The number of hydrogen-bond donors (Lipinski definition) is 1. The number of amides is 1. The van der Waals surface area contributed by atoms with Gasteiger partial charge in [0.05, 0.1) is 10.2 Å². The molecule has 2 aliphatic rings. The molecule has 3 aromatic rings. The average molecular weight is 391 g/mol. The minimum Gasteiger partial charge on any atom is -0.298 e. The molecular formula is C23H24N3OS. The van der Waals surface area contributed by atoms with Gasteiger partial charge in [0.25, 0.3) is 5.91 Å². The van der Waals surface area contributed by atoms with E-state index in [2.05, 4.69) is 27.7 Å². The normalized spacial score (nSPS) is 18.1. The van der Waals surface area contributed by atoms with Crippen molar-refractivity contribution >= 4 is 32.6 Å². The van der Waals surface area contributed by atoms with E-state index in [9.17, 15) is 4.79 Å². The van der Waals surface area contributed by atoms with Crippen LogP contribution in [-0.4, -0.2) is 28.4 Å². The first-order chi connectivity index (χ1) is 13.8. The van der Waals surface area contributed by atoms with Crippen molar-refractivity contribution in [2.24, 2.45) is 0 Å². The first kappa shape index (κ1) is 17.8. The van der Waals surface area contributed by atoms with Crippen LogP contribution >= 0.6 is 11.3 Å². The van der Waals surface area contributed by atoms with E-state index in [-0.39, 0.29) is 5.91 Å². The van der Waals surface area contributed by atoms with Crippen molar-refractivity contribution in [3.8, 4) is 0 Å². The van der Waals surface area contributed by atoms with Crippen LogP contribution in [0.4, 0.5) is 5.13 Å². The molecule has 1 amide bonds. The second-order valence-corrected chi connectivity index (χ2v) is 8.74. The van der Waals surface area contributed by atoms with E-state index in [1.807, 2.05) is 36.4 Å². The Morgan fingerprint density at radius 1 is 1.18 bits per heavy atom. The molecule has 1 saturated carbocycles. The van der Waals surface area contributed by atoms with E-state index in [0.29, 0.717) is 11.2 Å². The molecule has 4 nitrogen and oxygen atoms in total. The highest BCUT2D eigenvalue weighted by Crippen LogP contribution is 2.30. The van der Waals surface area contributed by atoms with Crippen LogP contribution in [0.2, 0.25) is 0 Å². The van der Waals surface area contributed by atoms with Gasteiger partial charge in [-0.25, -0.2) is 4.98 Å². The van der Waals surface area contributed by atoms with Crippen molar-refractivity contribution in [3.05, 3.63) is 65.6 Å². The number of nitrogens with one attached hydrogen (secondary N) is 1. The molecule has 1 aliphatic heterocycles. The van der Waals surface area contributed by atoms with Crippen LogP contribution in [0.5, 0.6) is 0 Å². The van der Waals surface area contributed by atoms with Crippen LogP contribution in [0, 0.1) is 6.42 Å². The zero-order valence-electron chi connectivity index (χ0n) is 15.9. The first-order valence-corrected chi connectivity index (χ1v) is 10.9. The molecule has 1 aromatic heterocycles. The van der Waals surface area contributed by atoms with Gasteiger partial charge in [0, 0.05) is 24.7 Å². The maximum Gasteiger partial charge on any atom is 0.257 e. The number of carbonyl (C=O) groups excluding carboxylic acids is 1. The predicted octanol–water partition coefficient (Wildman–Crippen LogP) is 5.05. The lowest BCUT2D eigenvalue weighted by Crippen LogP contribution is -2.41. The minimum atomic E-state index is -0.0482. The predicted molar refractivity (Wildman–Crippen MR) is 115 cm³/mol. The molecule has 0 spiro atoms. The number of hydrogen-bond acceptors (Lipinski definition) is 4. The second-order valence-electron chi connectivity index (χ2n) is 7.71. The number of anilines is 1. The summed E-state index contributed by atoms with van der Waals surface area (Å²) in [5, 5.41) is 3.70. The molecule has 1 N–H and O–H groups in total. The van der Waals surface area contributed by atoms with Crippen molar-refractivity contribution < 1.29 is 4.79 Å². The van der Waals surface area contributed by atoms with Gasteiger partial charge in [-0.15, -0.1) is 0 Å². The summed E-state index contributed by atoms with van der Waals surface area (Å²) in [6, 6.07) is 14.7. The summed E-state index contributed by atoms with van der Waals surface area (Å²) >= 11 is 1.52. The second kappa shape index (κ2) is 7.64. The molecule has 143 valence electrons. The third-order valence-corrected chi connectivity index (χ3v) is 6.91. The molecular weight excluding hydrogens is 366 g/mol. The van der Waals surface area contributed by atoms with Gasteiger partial charge in [0.1, 0.15) is 0 Å². The largest absolute Gasteiger partial charge is 0.298 e. The van der Waals surface area contributed by atoms with Crippen LogP contribution < -0.4 is 5.32 Å². The summed E-state index contributed by atoms with van der Waals surface area (Å²) in [5.74, 6) is -0.0482. The maximum atomic E-state index is 13.1. The number of carbonyl (C=O) groups is 1. The van der Waals surface area contributed by atoms with Gasteiger partial charge in [-0.05, 0) is 55.0 Å². The Labute approximate surface area is 169 Å².